The van der Waals surface area contributed by atoms with Crippen LogP contribution in [0.4, 0.5) is 0 Å². The highest BCUT2D eigenvalue weighted by Gasteiger charge is 1.98. The first kappa shape index (κ1) is 21.0. The van der Waals surface area contributed by atoms with E-state index in [4.69, 9.17) is 20.4 Å². The average Bonchev–Trinajstić information content (AvgIpc) is 2.49. The fourth-order valence-corrected chi connectivity index (χ4v) is 1.56. The number of benzene rings is 2. The number of aliphatic hydroxyl groups excluding tert-OH is 1. The molecule has 0 fully saturated rings. The van der Waals surface area contributed by atoms with Crippen LogP contribution in [0.2, 0.25) is 0 Å². The van der Waals surface area contributed by atoms with Crippen LogP contribution in [0, 0.1) is 5.92 Å². The average molecular weight is 320 g/mol. The normalized spacial score (nSPS) is 9.65. The van der Waals surface area contributed by atoms with Gasteiger partial charge >= 0.3 is 0 Å². The van der Waals surface area contributed by atoms with Gasteiger partial charge in [-0.15, -0.1) is 0 Å². The highest BCUT2D eigenvalue weighted by atomic mass is 16.5. The van der Waals surface area contributed by atoms with Crippen LogP contribution in [-0.4, -0.2) is 26.7 Å². The third kappa shape index (κ3) is 16.2. The zero-order chi connectivity index (χ0) is 17.5. The van der Waals surface area contributed by atoms with Gasteiger partial charge in [0.15, 0.2) is 6.29 Å². The summed E-state index contributed by atoms with van der Waals surface area (Å²) in [4.78, 5) is 0. The third-order valence-corrected chi connectivity index (χ3v) is 2.76. The van der Waals surface area contributed by atoms with Crippen molar-refractivity contribution < 1.29 is 20.4 Å². The minimum atomic E-state index is -1.11. The lowest BCUT2D eigenvalue weighted by Crippen LogP contribution is -2.03. The first-order valence-electron chi connectivity index (χ1n) is 7.76. The van der Waals surface area contributed by atoms with E-state index >= 15 is 0 Å². The molecule has 0 spiro atoms. The summed E-state index contributed by atoms with van der Waals surface area (Å²) >= 11 is 0. The summed E-state index contributed by atoms with van der Waals surface area (Å²) < 4.78 is 0. The fourth-order valence-electron chi connectivity index (χ4n) is 1.56. The predicted octanol–water partition coefficient (Wildman–Crippen LogP) is 3.91. The Labute approximate surface area is 138 Å². The molecule has 4 heteroatoms. The molecule has 0 aliphatic carbocycles. The lowest BCUT2D eigenvalue weighted by molar-refractivity contribution is -0.0469. The summed E-state index contributed by atoms with van der Waals surface area (Å²) in [6, 6.07) is 17.4. The van der Waals surface area contributed by atoms with Gasteiger partial charge < -0.3 is 20.4 Å². The van der Waals surface area contributed by atoms with E-state index < -0.39 is 6.29 Å². The van der Waals surface area contributed by atoms with Crippen LogP contribution >= 0.6 is 0 Å². The maximum atomic E-state index is 8.63. The van der Waals surface area contributed by atoms with Crippen LogP contribution in [0.25, 0.3) is 0 Å². The predicted molar refractivity (Wildman–Crippen MR) is 93.1 cm³/mol. The molecular formula is C19H28O4. The van der Waals surface area contributed by atoms with Gasteiger partial charge in [-0.05, 0) is 43.0 Å². The second-order valence-electron chi connectivity index (χ2n) is 5.48. The van der Waals surface area contributed by atoms with E-state index in [0.29, 0.717) is 23.8 Å². The summed E-state index contributed by atoms with van der Waals surface area (Å²) in [6.45, 7) is 4.26. The van der Waals surface area contributed by atoms with Crippen molar-refractivity contribution in [1.29, 1.82) is 0 Å². The van der Waals surface area contributed by atoms with Gasteiger partial charge in [-0.1, -0.05) is 56.7 Å². The smallest absolute Gasteiger partial charge is 0.151 e. The first-order chi connectivity index (χ1) is 10.9. The van der Waals surface area contributed by atoms with E-state index in [9.17, 15) is 0 Å². The molecule has 0 saturated heterocycles. The summed E-state index contributed by atoms with van der Waals surface area (Å²) in [6.07, 6.45) is 1.40. The molecule has 0 aliphatic heterocycles. The molecule has 0 amide bonds. The minimum absolute atomic E-state index is 0.322. The lowest BCUT2D eigenvalue weighted by Gasteiger charge is -2.04. The SMILES string of the molecule is CC(C)CCCC(O)O.Oc1ccccc1.Oc1ccccc1. The molecule has 0 atom stereocenters. The molecule has 2 aromatic rings. The number of phenolic OH excluding ortho intramolecular Hbond substituents is 2. The standard InChI is InChI=1S/C7H16O2.2C6H6O/c1-6(2)4-3-5-7(8)9;2*7-6-4-2-1-3-5-6/h6-9H,3-5H2,1-2H3;2*1-5,7H. The van der Waals surface area contributed by atoms with Crippen molar-refractivity contribution in [3.05, 3.63) is 60.7 Å². The van der Waals surface area contributed by atoms with Crippen LogP contribution < -0.4 is 0 Å². The second kappa shape index (κ2) is 13.6. The molecule has 0 saturated carbocycles. The number of rotatable bonds is 4. The van der Waals surface area contributed by atoms with Crippen LogP contribution in [0.3, 0.4) is 0 Å². The van der Waals surface area contributed by atoms with Crippen molar-refractivity contribution in [3.8, 4) is 11.5 Å². The van der Waals surface area contributed by atoms with Crippen molar-refractivity contribution >= 4 is 0 Å². The molecule has 0 bridgehead atoms. The molecule has 128 valence electrons. The maximum Gasteiger partial charge on any atom is 0.151 e. The van der Waals surface area contributed by atoms with Crippen LogP contribution in [0.15, 0.2) is 60.7 Å². The van der Waals surface area contributed by atoms with Gasteiger partial charge in [0.05, 0.1) is 0 Å². The van der Waals surface area contributed by atoms with Gasteiger partial charge in [-0.2, -0.15) is 0 Å². The summed E-state index contributed by atoms with van der Waals surface area (Å²) in [7, 11) is 0. The number of aromatic hydroxyl groups is 2. The summed E-state index contributed by atoms with van der Waals surface area (Å²) in [5.41, 5.74) is 0. The molecule has 23 heavy (non-hydrogen) atoms. The van der Waals surface area contributed by atoms with E-state index in [0.717, 1.165) is 12.8 Å². The fraction of sp³-hybridized carbons (Fsp3) is 0.368. The Morgan fingerprint density at radius 3 is 1.30 bits per heavy atom. The second-order valence-corrected chi connectivity index (χ2v) is 5.48. The number of hydrogen-bond acceptors (Lipinski definition) is 4. The van der Waals surface area contributed by atoms with Crippen molar-refractivity contribution in [2.24, 2.45) is 5.92 Å². The molecule has 4 nitrogen and oxygen atoms in total. The Kier molecular flexibility index (Phi) is 12.4. The van der Waals surface area contributed by atoms with Gasteiger partial charge in [0.2, 0.25) is 0 Å². The van der Waals surface area contributed by atoms with E-state index in [1.165, 1.54) is 0 Å². The molecule has 0 radical (unpaired) electrons. The van der Waals surface area contributed by atoms with Gasteiger partial charge in [-0.3, -0.25) is 0 Å². The highest BCUT2D eigenvalue weighted by molar-refractivity contribution is 5.19. The van der Waals surface area contributed by atoms with Gasteiger partial charge in [0, 0.05) is 0 Å². The number of hydrogen-bond donors (Lipinski definition) is 4. The quantitative estimate of drug-likeness (QED) is 0.644. The van der Waals surface area contributed by atoms with Crippen LogP contribution in [-0.2, 0) is 0 Å². The molecule has 0 aromatic heterocycles. The van der Waals surface area contributed by atoms with E-state index in [2.05, 4.69) is 13.8 Å². The Bertz CT molecular complexity index is 424. The Hall–Kier alpha value is -2.04. The largest absolute Gasteiger partial charge is 0.508 e. The number of aliphatic hydroxyl groups is 2. The van der Waals surface area contributed by atoms with Crippen molar-refractivity contribution in [2.75, 3.05) is 0 Å². The van der Waals surface area contributed by atoms with Crippen molar-refractivity contribution in [1.82, 2.24) is 0 Å². The molecule has 2 aromatic carbocycles. The third-order valence-electron chi connectivity index (χ3n) is 2.76. The monoisotopic (exact) mass is 320 g/mol. The Balaban J connectivity index is 0.000000318. The first-order valence-corrected chi connectivity index (χ1v) is 7.76. The van der Waals surface area contributed by atoms with E-state index in [1.54, 1.807) is 48.5 Å². The molecule has 4 N–H and O–H groups in total. The molecule has 0 heterocycles. The van der Waals surface area contributed by atoms with Gasteiger partial charge in [0.25, 0.3) is 0 Å². The van der Waals surface area contributed by atoms with Crippen LogP contribution in [0.1, 0.15) is 33.1 Å². The summed E-state index contributed by atoms with van der Waals surface area (Å²) in [5, 5.41) is 34.1. The molecular weight excluding hydrogens is 292 g/mol. The van der Waals surface area contributed by atoms with Crippen molar-refractivity contribution in [2.45, 2.75) is 39.4 Å². The minimum Gasteiger partial charge on any atom is -0.508 e. The van der Waals surface area contributed by atoms with Crippen molar-refractivity contribution in [3.63, 3.8) is 0 Å². The van der Waals surface area contributed by atoms with Crippen LogP contribution in [0.5, 0.6) is 11.5 Å². The zero-order valence-corrected chi connectivity index (χ0v) is 13.8. The Morgan fingerprint density at radius 1 is 0.696 bits per heavy atom. The molecule has 2 rings (SSSR count). The number of phenols is 2. The van der Waals surface area contributed by atoms with E-state index in [-0.39, 0.29) is 0 Å². The van der Waals surface area contributed by atoms with Gasteiger partial charge in [-0.25, -0.2) is 0 Å². The Morgan fingerprint density at radius 2 is 1.09 bits per heavy atom. The molecule has 0 aliphatic rings. The van der Waals surface area contributed by atoms with E-state index in [1.807, 2.05) is 12.1 Å². The highest BCUT2D eigenvalue weighted by Crippen LogP contribution is 2.06. The molecule has 0 unspecified atom stereocenters. The number of para-hydroxylation sites is 2. The topological polar surface area (TPSA) is 80.9 Å². The van der Waals surface area contributed by atoms with Gasteiger partial charge in [0.1, 0.15) is 11.5 Å². The maximum absolute atomic E-state index is 8.63. The summed E-state index contributed by atoms with van der Waals surface area (Å²) in [5.74, 6) is 1.31. The zero-order valence-electron chi connectivity index (χ0n) is 13.8. The lowest BCUT2D eigenvalue weighted by atomic mass is 10.1.